The Morgan fingerprint density at radius 2 is 2.40 bits per heavy atom. The number of rotatable bonds is 2. The van der Waals surface area contributed by atoms with E-state index < -0.39 is 0 Å². The topological polar surface area (TPSA) is 15.3 Å². The molecule has 0 spiro atoms. The lowest BCUT2D eigenvalue weighted by Gasteiger charge is -2.27. The van der Waals surface area contributed by atoms with E-state index in [-0.39, 0.29) is 0 Å². The number of hydrogen-bond acceptors (Lipinski definition) is 2. The van der Waals surface area contributed by atoms with E-state index in [4.69, 9.17) is 11.6 Å². The van der Waals surface area contributed by atoms with E-state index in [0.717, 1.165) is 30.2 Å². The monoisotopic (exact) mass is 222 g/mol. The fourth-order valence-electron chi connectivity index (χ4n) is 2.71. The van der Waals surface area contributed by atoms with Crippen LogP contribution in [-0.2, 0) is 6.54 Å². The molecule has 0 radical (unpaired) electrons. The van der Waals surface area contributed by atoms with Crippen molar-refractivity contribution in [3.8, 4) is 0 Å². The number of fused-ring (bicyclic) bond motifs is 2. The second-order valence-electron chi connectivity index (χ2n) is 4.55. The summed E-state index contributed by atoms with van der Waals surface area (Å²) in [6.07, 6.45) is 1.32. The number of nitrogens with zero attached hydrogens (tertiary/aromatic N) is 1. The fourth-order valence-corrected chi connectivity index (χ4v) is 2.92. The first kappa shape index (κ1) is 9.64. The molecule has 0 aromatic heterocycles. The Morgan fingerprint density at radius 3 is 3.07 bits per heavy atom. The average Bonchev–Trinajstić information content (AvgIpc) is 2.79. The maximum absolute atomic E-state index is 5.98. The van der Waals surface area contributed by atoms with Crippen LogP contribution in [0.1, 0.15) is 12.0 Å². The molecular weight excluding hydrogens is 208 g/mol. The second kappa shape index (κ2) is 3.78. The summed E-state index contributed by atoms with van der Waals surface area (Å²) in [5, 5.41) is 4.36. The molecule has 0 unspecified atom stereocenters. The SMILES string of the molecule is Clc1cccc(CN2C[C@@H]3C[C@H]2CN3)c1. The molecule has 2 bridgehead atoms. The summed E-state index contributed by atoms with van der Waals surface area (Å²) >= 11 is 5.98. The first-order valence-corrected chi connectivity index (χ1v) is 5.91. The van der Waals surface area contributed by atoms with Crippen molar-refractivity contribution in [1.82, 2.24) is 10.2 Å². The van der Waals surface area contributed by atoms with Gasteiger partial charge in [-0.15, -0.1) is 0 Å². The van der Waals surface area contributed by atoms with Crippen molar-refractivity contribution in [2.75, 3.05) is 13.1 Å². The molecule has 1 aromatic rings. The predicted molar refractivity (Wildman–Crippen MR) is 62.1 cm³/mol. The van der Waals surface area contributed by atoms with Crippen LogP contribution < -0.4 is 5.32 Å². The predicted octanol–water partition coefficient (Wildman–Crippen LogP) is 1.89. The second-order valence-corrected chi connectivity index (χ2v) is 4.99. The van der Waals surface area contributed by atoms with Crippen LogP contribution in [0.4, 0.5) is 0 Å². The number of piperazine rings is 1. The van der Waals surface area contributed by atoms with E-state index in [1.165, 1.54) is 18.5 Å². The van der Waals surface area contributed by atoms with Crippen molar-refractivity contribution in [2.24, 2.45) is 0 Å². The summed E-state index contributed by atoms with van der Waals surface area (Å²) < 4.78 is 0. The van der Waals surface area contributed by atoms with E-state index in [1.807, 2.05) is 12.1 Å². The lowest BCUT2D eigenvalue weighted by atomic mass is 10.2. The first-order valence-electron chi connectivity index (χ1n) is 5.53. The molecule has 0 amide bonds. The minimum atomic E-state index is 0.731. The zero-order valence-electron chi connectivity index (χ0n) is 8.62. The van der Waals surface area contributed by atoms with Gasteiger partial charge in [0, 0.05) is 36.7 Å². The maximum atomic E-state index is 5.98. The molecule has 2 atom stereocenters. The van der Waals surface area contributed by atoms with Crippen LogP contribution >= 0.6 is 11.6 Å². The molecule has 1 N–H and O–H groups in total. The summed E-state index contributed by atoms with van der Waals surface area (Å²) in [7, 11) is 0. The van der Waals surface area contributed by atoms with Gasteiger partial charge in [-0.05, 0) is 24.1 Å². The van der Waals surface area contributed by atoms with Crippen LogP contribution in [0.2, 0.25) is 5.02 Å². The molecule has 2 nitrogen and oxygen atoms in total. The van der Waals surface area contributed by atoms with E-state index in [9.17, 15) is 0 Å². The van der Waals surface area contributed by atoms with Gasteiger partial charge in [0.1, 0.15) is 0 Å². The van der Waals surface area contributed by atoms with Gasteiger partial charge in [-0.3, -0.25) is 4.90 Å². The molecule has 2 saturated heterocycles. The Morgan fingerprint density at radius 1 is 1.47 bits per heavy atom. The summed E-state index contributed by atoms with van der Waals surface area (Å²) in [5.41, 5.74) is 1.33. The number of hydrogen-bond donors (Lipinski definition) is 1. The smallest absolute Gasteiger partial charge is 0.0409 e. The van der Waals surface area contributed by atoms with Gasteiger partial charge in [-0.1, -0.05) is 23.7 Å². The maximum Gasteiger partial charge on any atom is 0.0409 e. The van der Waals surface area contributed by atoms with Crippen molar-refractivity contribution >= 4 is 11.6 Å². The first-order chi connectivity index (χ1) is 7.31. The molecule has 15 heavy (non-hydrogen) atoms. The van der Waals surface area contributed by atoms with Crippen molar-refractivity contribution < 1.29 is 0 Å². The molecular formula is C12H15ClN2. The molecule has 2 fully saturated rings. The Balaban J connectivity index is 1.71. The molecule has 3 rings (SSSR count). The number of likely N-dealkylation sites (tertiary alicyclic amines) is 1. The highest BCUT2D eigenvalue weighted by Gasteiger charge is 2.37. The highest BCUT2D eigenvalue weighted by molar-refractivity contribution is 6.30. The Kier molecular flexibility index (Phi) is 2.43. The molecule has 0 aliphatic carbocycles. The number of nitrogens with one attached hydrogen (secondary N) is 1. The fraction of sp³-hybridized carbons (Fsp3) is 0.500. The Bertz CT molecular complexity index is 366. The molecule has 0 saturated carbocycles. The van der Waals surface area contributed by atoms with E-state index in [1.54, 1.807) is 0 Å². The standard InChI is InChI=1S/C12H15ClN2/c13-10-3-1-2-9(4-10)7-15-8-11-5-12(15)6-14-11/h1-4,11-12,14H,5-8H2/t11-,12-/m0/s1. The van der Waals surface area contributed by atoms with E-state index in [0.29, 0.717) is 0 Å². The zero-order valence-corrected chi connectivity index (χ0v) is 9.37. The Hall–Kier alpha value is -0.570. The normalized spacial score (nSPS) is 29.9. The van der Waals surface area contributed by atoms with Gasteiger partial charge in [0.25, 0.3) is 0 Å². The van der Waals surface area contributed by atoms with Gasteiger partial charge in [-0.2, -0.15) is 0 Å². The van der Waals surface area contributed by atoms with Gasteiger partial charge >= 0.3 is 0 Å². The van der Waals surface area contributed by atoms with E-state index >= 15 is 0 Å². The molecule has 80 valence electrons. The molecule has 1 aromatic carbocycles. The highest BCUT2D eigenvalue weighted by atomic mass is 35.5. The van der Waals surface area contributed by atoms with Crippen LogP contribution in [0.25, 0.3) is 0 Å². The zero-order chi connectivity index (χ0) is 10.3. The number of halogens is 1. The van der Waals surface area contributed by atoms with Crippen molar-refractivity contribution in [3.63, 3.8) is 0 Å². The highest BCUT2D eigenvalue weighted by Crippen LogP contribution is 2.25. The minimum absolute atomic E-state index is 0.731. The van der Waals surface area contributed by atoms with E-state index in [2.05, 4.69) is 22.3 Å². The summed E-state index contributed by atoms with van der Waals surface area (Å²) in [5.74, 6) is 0. The molecule has 3 heteroatoms. The van der Waals surface area contributed by atoms with Gasteiger partial charge in [0.2, 0.25) is 0 Å². The van der Waals surface area contributed by atoms with Gasteiger partial charge in [-0.25, -0.2) is 0 Å². The lowest BCUT2D eigenvalue weighted by Crippen LogP contribution is -2.42. The largest absolute Gasteiger partial charge is 0.311 e. The van der Waals surface area contributed by atoms with Crippen LogP contribution in [-0.4, -0.2) is 30.1 Å². The van der Waals surface area contributed by atoms with Gasteiger partial charge in [0.15, 0.2) is 0 Å². The molecule has 2 heterocycles. The van der Waals surface area contributed by atoms with Gasteiger partial charge in [0.05, 0.1) is 0 Å². The van der Waals surface area contributed by atoms with Crippen molar-refractivity contribution in [1.29, 1.82) is 0 Å². The van der Waals surface area contributed by atoms with Crippen molar-refractivity contribution in [3.05, 3.63) is 34.9 Å². The average molecular weight is 223 g/mol. The van der Waals surface area contributed by atoms with Crippen LogP contribution in [0.5, 0.6) is 0 Å². The van der Waals surface area contributed by atoms with Gasteiger partial charge < -0.3 is 5.32 Å². The van der Waals surface area contributed by atoms with Crippen LogP contribution in [0, 0.1) is 0 Å². The minimum Gasteiger partial charge on any atom is -0.311 e. The van der Waals surface area contributed by atoms with Crippen LogP contribution in [0.15, 0.2) is 24.3 Å². The lowest BCUT2D eigenvalue weighted by molar-refractivity contribution is 0.218. The third-order valence-corrected chi connectivity index (χ3v) is 3.68. The molecule has 2 aliphatic heterocycles. The third kappa shape index (κ3) is 1.89. The Labute approximate surface area is 95.2 Å². The molecule has 2 aliphatic rings. The van der Waals surface area contributed by atoms with Crippen molar-refractivity contribution in [2.45, 2.75) is 25.0 Å². The third-order valence-electron chi connectivity index (χ3n) is 3.44. The van der Waals surface area contributed by atoms with Crippen LogP contribution in [0.3, 0.4) is 0 Å². The summed E-state index contributed by atoms with van der Waals surface area (Å²) in [6, 6.07) is 9.67. The summed E-state index contributed by atoms with van der Waals surface area (Å²) in [6.45, 7) is 3.39. The summed E-state index contributed by atoms with van der Waals surface area (Å²) in [4.78, 5) is 2.56. The number of benzene rings is 1. The quantitative estimate of drug-likeness (QED) is 0.822.